The van der Waals surface area contributed by atoms with E-state index in [-0.39, 0.29) is 0 Å². The largest absolute Gasteiger partial charge is 0.238 e. The summed E-state index contributed by atoms with van der Waals surface area (Å²) in [5, 5.41) is 0. The van der Waals surface area contributed by atoms with Crippen LogP contribution < -0.4 is 0 Å². The summed E-state index contributed by atoms with van der Waals surface area (Å²) in [6.07, 6.45) is 3.51. The minimum absolute atomic E-state index is 0.417. The molecule has 0 amide bonds. The lowest BCUT2D eigenvalue weighted by molar-refractivity contribution is 0.309. The summed E-state index contributed by atoms with van der Waals surface area (Å²) < 4.78 is 0. The van der Waals surface area contributed by atoms with Gasteiger partial charge in [0.25, 0.3) is 0 Å². The number of hydrogen-bond acceptors (Lipinski definition) is 2. The molecule has 0 N–H and O–H groups in total. The maximum Gasteiger partial charge on any atom is 0.125 e. The van der Waals surface area contributed by atoms with E-state index in [4.69, 9.17) is 0 Å². The molecule has 1 heterocycles. The third-order valence-electron chi connectivity index (χ3n) is 3.11. The molecule has 1 aliphatic carbocycles. The van der Waals surface area contributed by atoms with Crippen molar-refractivity contribution in [2.75, 3.05) is 0 Å². The fourth-order valence-electron chi connectivity index (χ4n) is 2.28. The van der Waals surface area contributed by atoms with Gasteiger partial charge in [0.15, 0.2) is 0 Å². The van der Waals surface area contributed by atoms with E-state index in [9.17, 15) is 0 Å². The standard InChI is InChI=1S/C12H18N2/c1-8-10-5-6-12(3,4)7-11(10)14-9(2)13-8/h5-7H2,1-4H3. The Morgan fingerprint density at radius 3 is 2.57 bits per heavy atom. The molecule has 0 saturated heterocycles. The summed E-state index contributed by atoms with van der Waals surface area (Å²) >= 11 is 0. The SMILES string of the molecule is Cc1nc(C)c2c(n1)CC(C)(C)CC2. The van der Waals surface area contributed by atoms with Gasteiger partial charge in [-0.1, -0.05) is 13.8 Å². The summed E-state index contributed by atoms with van der Waals surface area (Å²) in [6, 6.07) is 0. The van der Waals surface area contributed by atoms with Crippen LogP contribution in [0.1, 0.15) is 43.0 Å². The molecule has 0 fully saturated rings. The Morgan fingerprint density at radius 1 is 1.14 bits per heavy atom. The van der Waals surface area contributed by atoms with Gasteiger partial charge in [-0.2, -0.15) is 0 Å². The minimum Gasteiger partial charge on any atom is -0.238 e. The van der Waals surface area contributed by atoms with Gasteiger partial charge in [0.1, 0.15) is 5.82 Å². The van der Waals surface area contributed by atoms with Gasteiger partial charge >= 0.3 is 0 Å². The van der Waals surface area contributed by atoms with Gasteiger partial charge in [0.2, 0.25) is 0 Å². The number of rotatable bonds is 0. The molecule has 14 heavy (non-hydrogen) atoms. The predicted molar refractivity (Wildman–Crippen MR) is 57.3 cm³/mol. The first-order valence-corrected chi connectivity index (χ1v) is 5.31. The maximum absolute atomic E-state index is 4.56. The highest BCUT2D eigenvalue weighted by atomic mass is 14.9. The summed E-state index contributed by atoms with van der Waals surface area (Å²) in [6.45, 7) is 8.73. The highest BCUT2D eigenvalue weighted by molar-refractivity contribution is 5.28. The summed E-state index contributed by atoms with van der Waals surface area (Å²) in [5.74, 6) is 0.916. The van der Waals surface area contributed by atoms with Crippen molar-refractivity contribution in [2.45, 2.75) is 47.0 Å². The second-order valence-electron chi connectivity index (χ2n) is 5.12. The number of fused-ring (bicyclic) bond motifs is 1. The third-order valence-corrected chi connectivity index (χ3v) is 3.11. The van der Waals surface area contributed by atoms with E-state index in [2.05, 4.69) is 30.7 Å². The molecule has 76 valence electrons. The quantitative estimate of drug-likeness (QED) is 0.628. The van der Waals surface area contributed by atoms with Gasteiger partial charge in [0.05, 0.1) is 0 Å². The molecule has 0 atom stereocenters. The van der Waals surface area contributed by atoms with Crippen LogP contribution in [0.5, 0.6) is 0 Å². The monoisotopic (exact) mass is 190 g/mol. The van der Waals surface area contributed by atoms with Crippen LogP contribution in [0.15, 0.2) is 0 Å². The zero-order valence-corrected chi connectivity index (χ0v) is 9.52. The molecule has 0 spiro atoms. The van der Waals surface area contributed by atoms with Crippen molar-refractivity contribution in [3.63, 3.8) is 0 Å². The molecule has 2 heteroatoms. The summed E-state index contributed by atoms with van der Waals surface area (Å²) in [7, 11) is 0. The first-order chi connectivity index (χ1) is 6.48. The lowest BCUT2D eigenvalue weighted by atomic mass is 9.76. The molecule has 2 nitrogen and oxygen atoms in total. The average molecular weight is 190 g/mol. The number of nitrogens with zero attached hydrogens (tertiary/aromatic N) is 2. The molecule has 1 aromatic heterocycles. The molecule has 1 aromatic rings. The zero-order chi connectivity index (χ0) is 10.3. The van der Waals surface area contributed by atoms with E-state index in [1.54, 1.807) is 0 Å². The lowest BCUT2D eigenvalue weighted by Crippen LogP contribution is -2.24. The Balaban J connectivity index is 2.47. The lowest BCUT2D eigenvalue weighted by Gasteiger charge is -2.31. The van der Waals surface area contributed by atoms with Gasteiger partial charge in [-0.25, -0.2) is 9.97 Å². The topological polar surface area (TPSA) is 25.8 Å². The second kappa shape index (κ2) is 3.04. The van der Waals surface area contributed by atoms with Crippen LogP contribution in [0.3, 0.4) is 0 Å². The van der Waals surface area contributed by atoms with E-state index < -0.39 is 0 Å². The first-order valence-electron chi connectivity index (χ1n) is 5.31. The summed E-state index contributed by atoms with van der Waals surface area (Å²) in [4.78, 5) is 8.98. The van der Waals surface area contributed by atoms with Crippen molar-refractivity contribution >= 4 is 0 Å². The predicted octanol–water partition coefficient (Wildman–Crippen LogP) is 2.61. The molecule has 2 rings (SSSR count). The molecule has 1 aliphatic rings. The van der Waals surface area contributed by atoms with E-state index in [0.717, 1.165) is 18.7 Å². The van der Waals surface area contributed by atoms with Crippen LogP contribution in [0.25, 0.3) is 0 Å². The number of hydrogen-bond donors (Lipinski definition) is 0. The third kappa shape index (κ3) is 1.66. The Hall–Kier alpha value is -0.920. The van der Waals surface area contributed by atoms with Crippen molar-refractivity contribution < 1.29 is 0 Å². The number of aromatic nitrogens is 2. The van der Waals surface area contributed by atoms with Crippen LogP contribution in [0.4, 0.5) is 0 Å². The Kier molecular flexibility index (Phi) is 2.09. The molecular formula is C12H18N2. The van der Waals surface area contributed by atoms with Gasteiger partial charge in [-0.15, -0.1) is 0 Å². The van der Waals surface area contributed by atoms with E-state index in [1.165, 1.54) is 23.4 Å². The van der Waals surface area contributed by atoms with Crippen LogP contribution in [0, 0.1) is 19.3 Å². The highest BCUT2D eigenvalue weighted by Gasteiger charge is 2.27. The van der Waals surface area contributed by atoms with Crippen molar-refractivity contribution in [2.24, 2.45) is 5.41 Å². The van der Waals surface area contributed by atoms with Gasteiger partial charge in [-0.05, 0) is 44.1 Å². The molecule has 0 bridgehead atoms. The second-order valence-corrected chi connectivity index (χ2v) is 5.12. The van der Waals surface area contributed by atoms with E-state index in [0.29, 0.717) is 5.41 Å². The van der Waals surface area contributed by atoms with Crippen LogP contribution in [-0.4, -0.2) is 9.97 Å². The maximum atomic E-state index is 4.56. The van der Waals surface area contributed by atoms with Crippen LogP contribution in [0.2, 0.25) is 0 Å². The minimum atomic E-state index is 0.417. The molecule has 0 unspecified atom stereocenters. The van der Waals surface area contributed by atoms with E-state index in [1.807, 2.05) is 6.92 Å². The fourth-order valence-corrected chi connectivity index (χ4v) is 2.28. The Labute approximate surface area is 85.8 Å². The van der Waals surface area contributed by atoms with Gasteiger partial charge in [-0.3, -0.25) is 0 Å². The first kappa shape index (κ1) is 9.63. The Morgan fingerprint density at radius 2 is 1.86 bits per heavy atom. The highest BCUT2D eigenvalue weighted by Crippen LogP contribution is 2.34. The average Bonchev–Trinajstić information content (AvgIpc) is 2.00. The Bertz CT molecular complexity index is 367. The molecule has 0 aliphatic heterocycles. The molecule has 0 saturated carbocycles. The fraction of sp³-hybridized carbons (Fsp3) is 0.667. The smallest absolute Gasteiger partial charge is 0.125 e. The van der Waals surface area contributed by atoms with E-state index >= 15 is 0 Å². The van der Waals surface area contributed by atoms with Gasteiger partial charge < -0.3 is 0 Å². The molecular weight excluding hydrogens is 172 g/mol. The van der Waals surface area contributed by atoms with Crippen LogP contribution in [-0.2, 0) is 12.8 Å². The molecule has 0 aromatic carbocycles. The summed E-state index contributed by atoms with van der Waals surface area (Å²) in [5.41, 5.74) is 4.28. The normalized spacial score (nSPS) is 19.1. The number of aryl methyl sites for hydroxylation is 2. The van der Waals surface area contributed by atoms with Crippen molar-refractivity contribution in [3.05, 3.63) is 22.8 Å². The van der Waals surface area contributed by atoms with Gasteiger partial charge in [0, 0.05) is 11.4 Å². The van der Waals surface area contributed by atoms with Crippen molar-refractivity contribution in [1.29, 1.82) is 0 Å². The molecule has 0 radical (unpaired) electrons. The van der Waals surface area contributed by atoms with Crippen LogP contribution >= 0.6 is 0 Å². The van der Waals surface area contributed by atoms with Crippen molar-refractivity contribution in [3.8, 4) is 0 Å². The zero-order valence-electron chi connectivity index (χ0n) is 9.52. The van der Waals surface area contributed by atoms with Crippen molar-refractivity contribution in [1.82, 2.24) is 9.97 Å².